The third kappa shape index (κ3) is 5.14. The van der Waals surface area contributed by atoms with Crippen LogP contribution in [0.5, 0.6) is 0 Å². The maximum Gasteiger partial charge on any atom is 0.490 e. The quantitative estimate of drug-likeness (QED) is 0.614. The van der Waals surface area contributed by atoms with Crippen molar-refractivity contribution in [3.8, 4) is 16.6 Å². The van der Waals surface area contributed by atoms with Crippen LogP contribution in [-0.2, 0) is 4.79 Å². The number of hydrogen-bond donors (Lipinski definition) is 3. The summed E-state index contributed by atoms with van der Waals surface area (Å²) in [7, 11) is 0. The number of halogens is 3. The van der Waals surface area contributed by atoms with Gasteiger partial charge in [0.2, 0.25) is 0 Å². The number of alkyl halides is 3. The number of nitrogens with one attached hydrogen (secondary N) is 2. The molecule has 3 aromatic heterocycles. The Kier molecular flexibility index (Phi) is 6.30. The number of carboxylic acid groups (broad SMARTS) is 1. The summed E-state index contributed by atoms with van der Waals surface area (Å²) in [5.41, 5.74) is 1.66. The molecule has 1 unspecified atom stereocenters. The molecular weight excluding hydrogens is 385 g/mol. The molecule has 0 spiro atoms. The molecule has 0 radical (unpaired) electrons. The number of H-pyrrole nitrogens is 1. The van der Waals surface area contributed by atoms with E-state index < -0.39 is 12.1 Å². The third-order valence-corrected chi connectivity index (χ3v) is 4.13. The van der Waals surface area contributed by atoms with Crippen molar-refractivity contribution in [1.29, 1.82) is 5.26 Å². The number of nitrogens with zero attached hydrogens (tertiary/aromatic N) is 4. The average molecular weight is 398 g/mol. The first-order valence-electron chi connectivity index (χ1n) is 7.46. The summed E-state index contributed by atoms with van der Waals surface area (Å²) in [5.74, 6) is -2.76. The number of nitriles is 1. The van der Waals surface area contributed by atoms with Crippen LogP contribution >= 0.6 is 11.3 Å². The summed E-state index contributed by atoms with van der Waals surface area (Å²) in [4.78, 5) is 25.7. The molecule has 0 saturated heterocycles. The van der Waals surface area contributed by atoms with Crippen molar-refractivity contribution in [3.05, 3.63) is 24.8 Å². The van der Waals surface area contributed by atoms with Gasteiger partial charge in [-0.3, -0.25) is 0 Å². The number of anilines is 1. The van der Waals surface area contributed by atoms with Gasteiger partial charge in [0.15, 0.2) is 5.13 Å². The average Bonchev–Trinajstić information content (AvgIpc) is 3.28. The molecule has 1 atom stereocenters. The molecule has 0 aliphatic heterocycles. The second-order valence-electron chi connectivity index (χ2n) is 5.03. The Morgan fingerprint density at radius 1 is 1.44 bits per heavy atom. The lowest BCUT2D eigenvalue weighted by molar-refractivity contribution is -0.192. The molecule has 142 valence electrons. The molecular formula is C15H13F3N6O2S. The molecule has 0 amide bonds. The number of carbonyl (C=O) groups is 1. The van der Waals surface area contributed by atoms with Crippen molar-refractivity contribution in [1.82, 2.24) is 19.9 Å². The van der Waals surface area contributed by atoms with E-state index in [1.54, 1.807) is 6.20 Å². The summed E-state index contributed by atoms with van der Waals surface area (Å²) in [6.07, 6.45) is 0.795. The molecule has 0 aromatic carbocycles. The van der Waals surface area contributed by atoms with Crippen molar-refractivity contribution < 1.29 is 23.1 Å². The predicted octanol–water partition coefficient (Wildman–Crippen LogP) is 3.43. The number of aromatic amines is 1. The Morgan fingerprint density at radius 3 is 2.74 bits per heavy atom. The summed E-state index contributed by atoms with van der Waals surface area (Å²) < 4.78 is 31.7. The molecule has 0 saturated carbocycles. The lowest BCUT2D eigenvalue weighted by atomic mass is 10.2. The van der Waals surface area contributed by atoms with Crippen LogP contribution in [0.2, 0.25) is 0 Å². The topological polar surface area (TPSA) is 128 Å². The highest BCUT2D eigenvalue weighted by Crippen LogP contribution is 2.31. The Labute approximate surface area is 154 Å². The molecule has 3 rings (SSSR count). The summed E-state index contributed by atoms with van der Waals surface area (Å²) >= 11 is 1.49. The minimum absolute atomic E-state index is 0.216. The van der Waals surface area contributed by atoms with Gasteiger partial charge in [-0.1, -0.05) is 18.3 Å². The standard InChI is InChI=1S/C13H12N6S.C2HF3O2/c1-2-8(5-14)19-13-16-6-10(20-13)11-9-3-4-15-12(9)18-7-17-11;3-2(4,5)1(6)7/h3-4,6-8H,2H2,1H3,(H,16,19)(H,15,17,18);(H,6,7). The van der Waals surface area contributed by atoms with Crippen molar-refractivity contribution in [2.45, 2.75) is 25.6 Å². The van der Waals surface area contributed by atoms with Gasteiger partial charge in [0, 0.05) is 17.8 Å². The molecule has 3 aromatic rings. The molecule has 3 N–H and O–H groups in total. The van der Waals surface area contributed by atoms with Crippen molar-refractivity contribution in [2.24, 2.45) is 0 Å². The van der Waals surface area contributed by atoms with Gasteiger partial charge in [-0.2, -0.15) is 18.4 Å². The van der Waals surface area contributed by atoms with E-state index >= 15 is 0 Å². The maximum absolute atomic E-state index is 10.6. The minimum Gasteiger partial charge on any atom is -0.475 e. The van der Waals surface area contributed by atoms with E-state index in [1.165, 1.54) is 17.7 Å². The highest BCUT2D eigenvalue weighted by atomic mass is 32.1. The largest absolute Gasteiger partial charge is 0.490 e. The zero-order valence-electron chi connectivity index (χ0n) is 13.8. The lowest BCUT2D eigenvalue weighted by Crippen LogP contribution is -2.21. The van der Waals surface area contributed by atoms with E-state index in [1.807, 2.05) is 19.2 Å². The van der Waals surface area contributed by atoms with E-state index in [0.29, 0.717) is 0 Å². The molecule has 0 aliphatic carbocycles. The van der Waals surface area contributed by atoms with E-state index in [-0.39, 0.29) is 6.04 Å². The Balaban J connectivity index is 0.000000321. The van der Waals surface area contributed by atoms with Gasteiger partial charge in [0.05, 0.1) is 16.6 Å². The molecule has 12 heteroatoms. The van der Waals surface area contributed by atoms with Crippen LogP contribution in [0.15, 0.2) is 24.8 Å². The highest BCUT2D eigenvalue weighted by molar-refractivity contribution is 7.18. The molecule has 0 fully saturated rings. The molecule has 0 aliphatic rings. The second-order valence-corrected chi connectivity index (χ2v) is 6.06. The van der Waals surface area contributed by atoms with Crippen LogP contribution in [0.1, 0.15) is 13.3 Å². The monoisotopic (exact) mass is 398 g/mol. The van der Waals surface area contributed by atoms with Crippen molar-refractivity contribution in [2.75, 3.05) is 5.32 Å². The number of rotatable bonds is 4. The van der Waals surface area contributed by atoms with Gasteiger partial charge < -0.3 is 15.4 Å². The predicted molar refractivity (Wildman–Crippen MR) is 92.0 cm³/mol. The van der Waals surface area contributed by atoms with Gasteiger partial charge in [-0.15, -0.1) is 0 Å². The minimum atomic E-state index is -5.08. The fourth-order valence-corrected chi connectivity index (χ4v) is 2.77. The molecule has 27 heavy (non-hydrogen) atoms. The first-order chi connectivity index (χ1) is 12.8. The SMILES string of the molecule is CCC(C#N)Nc1ncc(-c2ncnc3[nH]ccc23)s1.O=C(O)C(F)(F)F. The number of carboxylic acids is 1. The summed E-state index contributed by atoms with van der Waals surface area (Å²) in [6.45, 7) is 1.96. The first kappa shape index (κ1) is 20.1. The van der Waals surface area contributed by atoms with Crippen LogP contribution in [-0.4, -0.2) is 43.2 Å². The Hall–Kier alpha value is -3.20. The Morgan fingerprint density at radius 2 is 2.15 bits per heavy atom. The van der Waals surface area contributed by atoms with Crippen molar-refractivity contribution >= 4 is 33.5 Å². The van der Waals surface area contributed by atoms with Crippen LogP contribution in [0.3, 0.4) is 0 Å². The van der Waals surface area contributed by atoms with Crippen molar-refractivity contribution in [3.63, 3.8) is 0 Å². The Bertz CT molecular complexity index is 962. The summed E-state index contributed by atoms with van der Waals surface area (Å²) in [6, 6.07) is 3.93. The zero-order valence-corrected chi connectivity index (χ0v) is 14.6. The fourth-order valence-electron chi connectivity index (χ4n) is 1.89. The van der Waals surface area contributed by atoms with Crippen LogP contribution < -0.4 is 5.32 Å². The van der Waals surface area contributed by atoms with E-state index in [9.17, 15) is 13.2 Å². The van der Waals surface area contributed by atoms with Gasteiger partial charge in [0.1, 0.15) is 18.0 Å². The number of fused-ring (bicyclic) bond motifs is 1. The second kappa shape index (κ2) is 8.45. The maximum atomic E-state index is 10.6. The smallest absolute Gasteiger partial charge is 0.475 e. The number of thiazole rings is 1. The van der Waals surface area contributed by atoms with Gasteiger partial charge in [-0.25, -0.2) is 19.7 Å². The van der Waals surface area contributed by atoms with E-state index in [2.05, 4.69) is 31.3 Å². The first-order valence-corrected chi connectivity index (χ1v) is 8.28. The van der Waals surface area contributed by atoms with Crippen LogP contribution in [0.4, 0.5) is 18.3 Å². The number of hydrogen-bond acceptors (Lipinski definition) is 7. The fraction of sp³-hybridized carbons (Fsp3) is 0.267. The van der Waals surface area contributed by atoms with E-state index in [0.717, 1.165) is 33.2 Å². The van der Waals surface area contributed by atoms with Gasteiger partial charge >= 0.3 is 12.1 Å². The molecule has 8 nitrogen and oxygen atoms in total. The number of aromatic nitrogens is 4. The third-order valence-electron chi connectivity index (χ3n) is 3.20. The van der Waals surface area contributed by atoms with E-state index in [4.69, 9.17) is 15.2 Å². The van der Waals surface area contributed by atoms with Gasteiger partial charge in [0.25, 0.3) is 0 Å². The highest BCUT2D eigenvalue weighted by Gasteiger charge is 2.38. The molecule has 3 heterocycles. The normalized spacial score (nSPS) is 12.0. The van der Waals surface area contributed by atoms with Crippen LogP contribution in [0.25, 0.3) is 21.6 Å². The summed E-state index contributed by atoms with van der Waals surface area (Å²) in [5, 5.41) is 20.9. The number of aliphatic carboxylic acids is 1. The molecule has 0 bridgehead atoms. The van der Waals surface area contributed by atoms with Gasteiger partial charge in [-0.05, 0) is 12.5 Å². The zero-order chi connectivity index (χ0) is 20.0. The lowest BCUT2D eigenvalue weighted by Gasteiger charge is -2.05. The van der Waals surface area contributed by atoms with Crippen LogP contribution in [0, 0.1) is 11.3 Å².